The summed E-state index contributed by atoms with van der Waals surface area (Å²) in [4.78, 5) is 11.0. The Morgan fingerprint density at radius 2 is 2.00 bits per heavy atom. The van der Waals surface area contributed by atoms with E-state index in [-0.39, 0.29) is 17.2 Å². The Balaban J connectivity index is 2.03. The highest BCUT2D eigenvalue weighted by atomic mass is 19.1. The Kier molecular flexibility index (Phi) is 4.34. The summed E-state index contributed by atoms with van der Waals surface area (Å²) in [7, 11) is 0. The molecule has 0 aromatic carbocycles. The Bertz CT molecular complexity index is 545. The van der Waals surface area contributed by atoms with E-state index in [1.807, 2.05) is 20.8 Å². The van der Waals surface area contributed by atoms with Crippen molar-refractivity contribution in [2.45, 2.75) is 39.4 Å². The Morgan fingerprint density at radius 1 is 1.20 bits per heavy atom. The van der Waals surface area contributed by atoms with Gasteiger partial charge in [-0.05, 0) is 26.8 Å². The molecule has 0 fully saturated rings. The number of anilines is 1. The van der Waals surface area contributed by atoms with Gasteiger partial charge in [0.15, 0.2) is 11.6 Å². The van der Waals surface area contributed by atoms with Crippen molar-refractivity contribution < 1.29 is 4.39 Å². The molecule has 0 aliphatic rings. The van der Waals surface area contributed by atoms with Gasteiger partial charge in [0.1, 0.15) is 5.82 Å². The van der Waals surface area contributed by atoms with Crippen LogP contribution in [0.5, 0.6) is 0 Å². The summed E-state index contributed by atoms with van der Waals surface area (Å²) < 4.78 is 14.3. The van der Waals surface area contributed by atoms with Crippen LogP contribution in [0.15, 0.2) is 24.7 Å². The van der Waals surface area contributed by atoms with E-state index in [1.165, 1.54) is 0 Å². The average molecular weight is 277 g/mol. The maximum Gasteiger partial charge on any atom is 0.169 e. The fourth-order valence-electron chi connectivity index (χ4n) is 1.67. The van der Waals surface area contributed by atoms with E-state index in [2.05, 4.69) is 25.6 Å². The lowest BCUT2D eigenvalue weighted by atomic mass is 10.1. The maximum absolute atomic E-state index is 14.3. The molecule has 0 bridgehead atoms. The standard InChI is InChI=1S/C14H20FN5/c1-14(2,3)20-8-10-4-5-18-13(12(10)15)19-9-11-16-6-7-17-11/h4-7,20H,8-9H2,1-3H3,(H,16,17)(H,18,19). The predicted molar refractivity (Wildman–Crippen MR) is 76.7 cm³/mol. The summed E-state index contributed by atoms with van der Waals surface area (Å²) in [6.07, 6.45) is 4.99. The molecule has 6 heteroatoms. The molecule has 2 aromatic rings. The molecule has 3 N–H and O–H groups in total. The van der Waals surface area contributed by atoms with Crippen molar-refractivity contribution in [1.82, 2.24) is 20.3 Å². The predicted octanol–water partition coefficient (Wildman–Crippen LogP) is 2.44. The van der Waals surface area contributed by atoms with Gasteiger partial charge in [0.25, 0.3) is 0 Å². The van der Waals surface area contributed by atoms with Crippen LogP contribution in [0.3, 0.4) is 0 Å². The van der Waals surface area contributed by atoms with Crippen molar-refractivity contribution in [2.24, 2.45) is 0 Å². The number of H-pyrrole nitrogens is 1. The largest absolute Gasteiger partial charge is 0.360 e. The van der Waals surface area contributed by atoms with Crippen molar-refractivity contribution in [1.29, 1.82) is 0 Å². The van der Waals surface area contributed by atoms with Gasteiger partial charge in [0.2, 0.25) is 0 Å². The number of halogens is 1. The van der Waals surface area contributed by atoms with Crippen molar-refractivity contribution >= 4 is 5.82 Å². The second-order valence-corrected chi connectivity index (χ2v) is 5.63. The van der Waals surface area contributed by atoms with Gasteiger partial charge in [-0.3, -0.25) is 0 Å². The summed E-state index contributed by atoms with van der Waals surface area (Å²) in [5, 5.41) is 6.21. The summed E-state index contributed by atoms with van der Waals surface area (Å²) >= 11 is 0. The first-order valence-electron chi connectivity index (χ1n) is 6.56. The molecule has 0 aliphatic heterocycles. The molecule has 0 radical (unpaired) electrons. The smallest absolute Gasteiger partial charge is 0.169 e. The lowest BCUT2D eigenvalue weighted by Gasteiger charge is -2.21. The number of rotatable bonds is 5. The van der Waals surface area contributed by atoms with E-state index < -0.39 is 0 Å². The zero-order valence-electron chi connectivity index (χ0n) is 12.0. The zero-order valence-corrected chi connectivity index (χ0v) is 12.0. The molecule has 0 saturated heterocycles. The van der Waals surface area contributed by atoms with Crippen LogP contribution in [-0.4, -0.2) is 20.5 Å². The molecule has 2 aromatic heterocycles. The number of hydrogen-bond donors (Lipinski definition) is 3. The van der Waals surface area contributed by atoms with Crippen molar-refractivity contribution in [3.63, 3.8) is 0 Å². The van der Waals surface area contributed by atoms with Crippen molar-refractivity contribution in [2.75, 3.05) is 5.32 Å². The van der Waals surface area contributed by atoms with E-state index in [1.54, 1.807) is 24.7 Å². The molecule has 0 spiro atoms. The molecule has 2 rings (SSSR count). The fourth-order valence-corrected chi connectivity index (χ4v) is 1.67. The van der Waals surface area contributed by atoms with Crippen LogP contribution in [0, 0.1) is 5.82 Å². The van der Waals surface area contributed by atoms with E-state index in [4.69, 9.17) is 0 Å². The number of aromatic amines is 1. The van der Waals surface area contributed by atoms with E-state index in [0.29, 0.717) is 18.7 Å². The first-order valence-corrected chi connectivity index (χ1v) is 6.56. The Labute approximate surface area is 118 Å². The molecule has 0 unspecified atom stereocenters. The van der Waals surface area contributed by atoms with Crippen LogP contribution in [0.25, 0.3) is 0 Å². The number of imidazole rings is 1. The SMILES string of the molecule is CC(C)(C)NCc1ccnc(NCc2ncc[nH]2)c1F. The highest BCUT2D eigenvalue weighted by Crippen LogP contribution is 2.16. The fraction of sp³-hybridized carbons (Fsp3) is 0.429. The minimum atomic E-state index is -0.323. The van der Waals surface area contributed by atoms with Gasteiger partial charge in [-0.2, -0.15) is 0 Å². The Morgan fingerprint density at radius 3 is 2.65 bits per heavy atom. The molecular formula is C14H20FN5. The number of hydrogen-bond acceptors (Lipinski definition) is 4. The minimum Gasteiger partial charge on any atom is -0.360 e. The van der Waals surface area contributed by atoms with Gasteiger partial charge in [-0.1, -0.05) is 0 Å². The number of nitrogens with one attached hydrogen (secondary N) is 3. The monoisotopic (exact) mass is 277 g/mol. The highest BCUT2D eigenvalue weighted by molar-refractivity contribution is 5.40. The van der Waals surface area contributed by atoms with Crippen LogP contribution in [-0.2, 0) is 13.1 Å². The van der Waals surface area contributed by atoms with Crippen LogP contribution in [0.1, 0.15) is 32.2 Å². The molecule has 0 saturated carbocycles. The topological polar surface area (TPSA) is 65.6 Å². The van der Waals surface area contributed by atoms with Crippen LogP contribution < -0.4 is 10.6 Å². The summed E-state index contributed by atoms with van der Waals surface area (Å²) in [6, 6.07) is 1.69. The van der Waals surface area contributed by atoms with Crippen LogP contribution >= 0.6 is 0 Å². The molecule has 0 amide bonds. The normalized spacial score (nSPS) is 11.6. The molecule has 20 heavy (non-hydrogen) atoms. The third-order valence-corrected chi connectivity index (χ3v) is 2.76. The molecular weight excluding hydrogens is 257 g/mol. The van der Waals surface area contributed by atoms with Crippen LogP contribution in [0.4, 0.5) is 10.2 Å². The van der Waals surface area contributed by atoms with E-state index >= 15 is 0 Å². The molecule has 108 valence electrons. The summed E-state index contributed by atoms with van der Waals surface area (Å²) in [6.45, 7) is 7.01. The first-order chi connectivity index (χ1) is 9.46. The van der Waals surface area contributed by atoms with Gasteiger partial charge >= 0.3 is 0 Å². The quantitative estimate of drug-likeness (QED) is 0.785. The second kappa shape index (κ2) is 6.00. The van der Waals surface area contributed by atoms with Crippen molar-refractivity contribution in [3.05, 3.63) is 41.9 Å². The third-order valence-electron chi connectivity index (χ3n) is 2.76. The van der Waals surface area contributed by atoms with E-state index in [0.717, 1.165) is 5.82 Å². The lowest BCUT2D eigenvalue weighted by Crippen LogP contribution is -2.35. The number of nitrogens with zero attached hydrogens (tertiary/aromatic N) is 2. The lowest BCUT2D eigenvalue weighted by molar-refractivity contribution is 0.418. The summed E-state index contributed by atoms with van der Waals surface area (Å²) in [5.74, 6) is 0.662. The average Bonchev–Trinajstić information content (AvgIpc) is 2.88. The first kappa shape index (κ1) is 14.5. The van der Waals surface area contributed by atoms with Crippen molar-refractivity contribution in [3.8, 4) is 0 Å². The van der Waals surface area contributed by atoms with Gasteiger partial charge in [0, 0.05) is 36.2 Å². The molecule has 0 aliphatic carbocycles. The minimum absolute atomic E-state index is 0.0581. The third kappa shape index (κ3) is 4.03. The molecule has 0 atom stereocenters. The highest BCUT2D eigenvalue weighted by Gasteiger charge is 2.13. The number of aromatic nitrogens is 3. The molecule has 5 nitrogen and oxygen atoms in total. The van der Waals surface area contributed by atoms with Crippen LogP contribution in [0.2, 0.25) is 0 Å². The van der Waals surface area contributed by atoms with Gasteiger partial charge in [-0.15, -0.1) is 0 Å². The van der Waals surface area contributed by atoms with E-state index in [9.17, 15) is 4.39 Å². The second-order valence-electron chi connectivity index (χ2n) is 5.63. The molecule has 2 heterocycles. The van der Waals surface area contributed by atoms with Gasteiger partial charge in [-0.25, -0.2) is 14.4 Å². The Hall–Kier alpha value is -1.95. The van der Waals surface area contributed by atoms with Gasteiger partial charge in [0.05, 0.1) is 6.54 Å². The number of pyridine rings is 1. The zero-order chi connectivity index (χ0) is 14.6. The summed E-state index contributed by atoms with van der Waals surface area (Å²) in [5.41, 5.74) is 0.536. The maximum atomic E-state index is 14.3. The van der Waals surface area contributed by atoms with Gasteiger partial charge < -0.3 is 15.6 Å².